The number of hydrogen-bond acceptors (Lipinski definition) is 3. The molecule has 0 aromatic heterocycles. The molecule has 2 rings (SSSR count). The summed E-state index contributed by atoms with van der Waals surface area (Å²) in [6.45, 7) is 16.6. The summed E-state index contributed by atoms with van der Waals surface area (Å²) in [5, 5.41) is 3.41. The summed E-state index contributed by atoms with van der Waals surface area (Å²) in [7, 11) is -1.09. The molecule has 1 aromatic rings. The van der Waals surface area contributed by atoms with Gasteiger partial charge in [-0.05, 0) is 45.2 Å². The molecule has 24 heavy (non-hydrogen) atoms. The van der Waals surface area contributed by atoms with Gasteiger partial charge in [-0.1, -0.05) is 31.5 Å². The van der Waals surface area contributed by atoms with Crippen LogP contribution in [-0.4, -0.2) is 35.1 Å². The second-order valence-corrected chi connectivity index (χ2v) is 10.0. The van der Waals surface area contributed by atoms with Crippen LogP contribution >= 0.6 is 0 Å². The summed E-state index contributed by atoms with van der Waals surface area (Å²) in [4.78, 5) is 2.45. The third-order valence-electron chi connectivity index (χ3n) is 4.43. The fourth-order valence-corrected chi connectivity index (χ4v) is 3.95. The maximum absolute atomic E-state index is 12.7. The molecule has 0 bridgehead atoms. The normalized spacial score (nSPS) is 18.7. The van der Waals surface area contributed by atoms with Gasteiger partial charge >= 0.3 is 0 Å². The molecule has 0 unspecified atom stereocenters. The molecule has 0 saturated carbocycles. The Morgan fingerprint density at radius 2 is 1.83 bits per heavy atom. The molecule has 1 aliphatic rings. The lowest BCUT2D eigenvalue weighted by atomic mass is 9.93. The van der Waals surface area contributed by atoms with E-state index >= 15 is 0 Å². The molecule has 2 N–H and O–H groups in total. The first-order valence-electron chi connectivity index (χ1n) is 8.94. The minimum atomic E-state index is -1.09. The predicted molar refractivity (Wildman–Crippen MR) is 105 cm³/mol. The van der Waals surface area contributed by atoms with Gasteiger partial charge in [-0.2, -0.15) is 0 Å². The van der Waals surface area contributed by atoms with Crippen LogP contribution in [0.5, 0.6) is 0 Å². The SMILES string of the molecule is Cc1ccc(N2CCNCC2)c([C@@H](N[S@@](=O)C(C)(C)C)C(C)C)c1. The van der Waals surface area contributed by atoms with Crippen LogP contribution in [0.15, 0.2) is 18.2 Å². The number of aryl methyl sites for hydroxylation is 1. The Balaban J connectivity index is 2.37. The zero-order chi connectivity index (χ0) is 17.9. The molecule has 5 heteroatoms. The Morgan fingerprint density at radius 1 is 1.21 bits per heavy atom. The molecular weight excluding hydrogens is 318 g/mol. The van der Waals surface area contributed by atoms with Gasteiger partial charge in [0.25, 0.3) is 0 Å². The lowest BCUT2D eigenvalue weighted by molar-refractivity contribution is 0.471. The van der Waals surface area contributed by atoms with E-state index in [0.717, 1.165) is 26.2 Å². The van der Waals surface area contributed by atoms with E-state index in [2.05, 4.69) is 53.9 Å². The van der Waals surface area contributed by atoms with Crippen molar-refractivity contribution >= 4 is 16.7 Å². The molecule has 0 aliphatic carbocycles. The highest BCUT2D eigenvalue weighted by Crippen LogP contribution is 2.33. The summed E-state index contributed by atoms with van der Waals surface area (Å²) < 4.78 is 15.8. The van der Waals surface area contributed by atoms with Gasteiger partial charge in [-0.3, -0.25) is 0 Å². The van der Waals surface area contributed by atoms with E-state index in [1.807, 2.05) is 20.8 Å². The monoisotopic (exact) mass is 351 g/mol. The Bertz CT molecular complexity index is 574. The Morgan fingerprint density at radius 3 is 2.38 bits per heavy atom. The average molecular weight is 352 g/mol. The van der Waals surface area contributed by atoms with Crippen LogP contribution in [0.2, 0.25) is 0 Å². The molecular formula is C19H33N3OS. The molecule has 0 amide bonds. The van der Waals surface area contributed by atoms with E-state index in [1.165, 1.54) is 16.8 Å². The molecule has 0 spiro atoms. The van der Waals surface area contributed by atoms with E-state index in [0.29, 0.717) is 5.92 Å². The number of nitrogens with zero attached hydrogens (tertiary/aromatic N) is 1. The summed E-state index contributed by atoms with van der Waals surface area (Å²) >= 11 is 0. The Labute approximate surface area is 150 Å². The lowest BCUT2D eigenvalue weighted by Gasteiger charge is -2.35. The number of hydrogen-bond donors (Lipinski definition) is 2. The first-order chi connectivity index (χ1) is 11.2. The van der Waals surface area contributed by atoms with Crippen molar-refractivity contribution in [3.8, 4) is 0 Å². The van der Waals surface area contributed by atoms with Crippen LogP contribution in [0.1, 0.15) is 51.8 Å². The second kappa shape index (κ2) is 7.98. The molecule has 1 aliphatic heterocycles. The van der Waals surface area contributed by atoms with Crippen molar-refractivity contribution in [3.05, 3.63) is 29.3 Å². The van der Waals surface area contributed by atoms with Gasteiger partial charge in [0, 0.05) is 37.9 Å². The van der Waals surface area contributed by atoms with Crippen LogP contribution in [0.25, 0.3) is 0 Å². The highest BCUT2D eigenvalue weighted by molar-refractivity contribution is 7.84. The lowest BCUT2D eigenvalue weighted by Crippen LogP contribution is -2.44. The topological polar surface area (TPSA) is 44.4 Å². The number of rotatable bonds is 5. The van der Waals surface area contributed by atoms with Gasteiger partial charge in [0.2, 0.25) is 0 Å². The van der Waals surface area contributed by atoms with E-state index in [4.69, 9.17) is 0 Å². The zero-order valence-corrected chi connectivity index (χ0v) is 16.8. The molecule has 2 atom stereocenters. The zero-order valence-electron chi connectivity index (χ0n) is 16.0. The van der Waals surface area contributed by atoms with Crippen molar-refractivity contribution in [1.29, 1.82) is 0 Å². The number of piperazine rings is 1. The van der Waals surface area contributed by atoms with Crippen molar-refractivity contribution in [2.24, 2.45) is 5.92 Å². The molecule has 136 valence electrons. The van der Waals surface area contributed by atoms with E-state index < -0.39 is 11.0 Å². The van der Waals surface area contributed by atoms with Crippen molar-refractivity contribution in [2.75, 3.05) is 31.1 Å². The number of nitrogens with one attached hydrogen (secondary N) is 2. The van der Waals surface area contributed by atoms with E-state index in [1.54, 1.807) is 0 Å². The molecule has 1 fully saturated rings. The smallest absolute Gasteiger partial charge is 0.0976 e. The number of anilines is 1. The maximum atomic E-state index is 12.7. The van der Waals surface area contributed by atoms with Crippen molar-refractivity contribution in [3.63, 3.8) is 0 Å². The highest BCUT2D eigenvalue weighted by atomic mass is 32.2. The summed E-state index contributed by atoms with van der Waals surface area (Å²) in [5.41, 5.74) is 3.79. The van der Waals surface area contributed by atoms with Gasteiger partial charge in [0.05, 0.1) is 15.7 Å². The predicted octanol–water partition coefficient (Wildman–Crippen LogP) is 3.15. The standard InChI is InChI=1S/C19H33N3OS/c1-14(2)18(21-24(23)19(4,5)6)16-13-15(3)7-8-17(16)22-11-9-20-10-12-22/h7-8,13-14,18,20-21H,9-12H2,1-6H3/t18-,24-/m0/s1. The third-order valence-corrected chi connectivity index (χ3v) is 6.01. The fourth-order valence-electron chi connectivity index (χ4n) is 2.97. The highest BCUT2D eigenvalue weighted by Gasteiger charge is 2.28. The summed E-state index contributed by atoms with van der Waals surface area (Å²) in [5.74, 6) is 0.361. The first-order valence-corrected chi connectivity index (χ1v) is 10.1. The van der Waals surface area contributed by atoms with Gasteiger partial charge in [-0.25, -0.2) is 8.93 Å². The summed E-state index contributed by atoms with van der Waals surface area (Å²) in [6.07, 6.45) is 0. The minimum absolute atomic E-state index is 0.0786. The van der Waals surface area contributed by atoms with Crippen molar-refractivity contribution in [2.45, 2.75) is 52.3 Å². The van der Waals surface area contributed by atoms with Crippen molar-refractivity contribution in [1.82, 2.24) is 10.0 Å². The molecule has 1 aromatic carbocycles. The second-order valence-electron chi connectivity index (χ2n) is 8.02. The van der Waals surface area contributed by atoms with Gasteiger partial charge in [0.15, 0.2) is 0 Å². The molecule has 0 radical (unpaired) electrons. The van der Waals surface area contributed by atoms with Crippen LogP contribution in [-0.2, 0) is 11.0 Å². The summed E-state index contributed by atoms with van der Waals surface area (Å²) in [6, 6.07) is 6.75. The van der Waals surface area contributed by atoms with Crippen LogP contribution in [0.4, 0.5) is 5.69 Å². The molecule has 4 nitrogen and oxygen atoms in total. The van der Waals surface area contributed by atoms with Gasteiger partial charge in [0.1, 0.15) is 0 Å². The first kappa shape index (κ1) is 19.4. The third kappa shape index (κ3) is 4.80. The van der Waals surface area contributed by atoms with Crippen LogP contribution in [0.3, 0.4) is 0 Å². The van der Waals surface area contributed by atoms with E-state index in [9.17, 15) is 4.21 Å². The maximum Gasteiger partial charge on any atom is 0.0976 e. The van der Waals surface area contributed by atoms with Crippen LogP contribution in [0, 0.1) is 12.8 Å². The fraction of sp³-hybridized carbons (Fsp3) is 0.684. The average Bonchev–Trinajstić information content (AvgIpc) is 2.51. The largest absolute Gasteiger partial charge is 0.369 e. The molecule has 1 heterocycles. The van der Waals surface area contributed by atoms with Crippen LogP contribution < -0.4 is 14.9 Å². The van der Waals surface area contributed by atoms with Crippen molar-refractivity contribution < 1.29 is 4.21 Å². The van der Waals surface area contributed by atoms with Gasteiger partial charge in [-0.15, -0.1) is 0 Å². The Kier molecular flexibility index (Phi) is 6.46. The van der Waals surface area contributed by atoms with E-state index in [-0.39, 0.29) is 10.8 Å². The minimum Gasteiger partial charge on any atom is -0.369 e. The van der Waals surface area contributed by atoms with Gasteiger partial charge < -0.3 is 10.2 Å². The quantitative estimate of drug-likeness (QED) is 0.856. The Hall–Kier alpha value is -0.910. The molecule has 1 saturated heterocycles. The number of benzene rings is 1.